The fraction of sp³-hybridized carbons (Fsp3) is 0.176. The number of halogens is 1. The van der Waals surface area contributed by atoms with Gasteiger partial charge in [0.05, 0.1) is 15.6 Å². The van der Waals surface area contributed by atoms with E-state index in [1.54, 1.807) is 18.2 Å². The lowest BCUT2D eigenvalue weighted by Gasteiger charge is -2.09. The summed E-state index contributed by atoms with van der Waals surface area (Å²) in [5.41, 5.74) is 0.956. The molecular formula is C17H15ClN2O6. The van der Waals surface area contributed by atoms with Crippen LogP contribution in [0.1, 0.15) is 5.56 Å². The Morgan fingerprint density at radius 1 is 1.19 bits per heavy atom. The number of nitrogens with one attached hydrogen (secondary N) is 1. The standard InChI is InChI=1S/C17H15ClN2O6/c1-11-3-2-4-13(7-11)25-10-17(22)26-9-16(21)19-15-6-5-12(20(23)24)8-14(15)18/h2-8H,9-10H2,1H3,(H,19,21). The molecule has 136 valence electrons. The van der Waals surface area contributed by atoms with Gasteiger partial charge in [-0.05, 0) is 30.7 Å². The van der Waals surface area contributed by atoms with E-state index >= 15 is 0 Å². The average Bonchev–Trinajstić information content (AvgIpc) is 2.60. The molecular weight excluding hydrogens is 364 g/mol. The summed E-state index contributed by atoms with van der Waals surface area (Å²) < 4.78 is 10.1. The summed E-state index contributed by atoms with van der Waals surface area (Å²) in [7, 11) is 0. The summed E-state index contributed by atoms with van der Waals surface area (Å²) >= 11 is 5.86. The monoisotopic (exact) mass is 378 g/mol. The number of amides is 1. The number of nitrogens with zero attached hydrogens (tertiary/aromatic N) is 1. The molecule has 8 nitrogen and oxygen atoms in total. The van der Waals surface area contributed by atoms with Crippen molar-refractivity contribution in [3.8, 4) is 5.75 Å². The topological polar surface area (TPSA) is 108 Å². The number of rotatable bonds is 7. The van der Waals surface area contributed by atoms with Crippen LogP contribution in [0.2, 0.25) is 5.02 Å². The molecule has 1 amide bonds. The predicted molar refractivity (Wildman–Crippen MR) is 94.4 cm³/mol. The molecule has 2 rings (SSSR count). The van der Waals surface area contributed by atoms with Crippen LogP contribution in [0.25, 0.3) is 0 Å². The number of aryl methyl sites for hydroxylation is 1. The number of esters is 1. The smallest absolute Gasteiger partial charge is 0.344 e. The van der Waals surface area contributed by atoms with Gasteiger partial charge in [0, 0.05) is 12.1 Å². The van der Waals surface area contributed by atoms with Gasteiger partial charge in [0.1, 0.15) is 5.75 Å². The maximum Gasteiger partial charge on any atom is 0.344 e. The molecule has 0 atom stereocenters. The zero-order valence-corrected chi connectivity index (χ0v) is 14.5. The highest BCUT2D eigenvalue weighted by Crippen LogP contribution is 2.26. The van der Waals surface area contributed by atoms with Crippen LogP contribution < -0.4 is 10.1 Å². The zero-order chi connectivity index (χ0) is 19.1. The van der Waals surface area contributed by atoms with E-state index in [0.29, 0.717) is 5.75 Å². The largest absolute Gasteiger partial charge is 0.482 e. The number of anilines is 1. The van der Waals surface area contributed by atoms with E-state index in [2.05, 4.69) is 5.32 Å². The van der Waals surface area contributed by atoms with Crippen LogP contribution in [0.4, 0.5) is 11.4 Å². The van der Waals surface area contributed by atoms with Crippen LogP contribution in [-0.4, -0.2) is 30.0 Å². The van der Waals surface area contributed by atoms with E-state index in [1.807, 2.05) is 13.0 Å². The second-order valence-electron chi connectivity index (χ2n) is 5.24. The molecule has 9 heteroatoms. The molecule has 0 aliphatic rings. The lowest BCUT2D eigenvalue weighted by molar-refractivity contribution is -0.384. The number of carbonyl (C=O) groups is 2. The molecule has 26 heavy (non-hydrogen) atoms. The van der Waals surface area contributed by atoms with Gasteiger partial charge in [0.25, 0.3) is 11.6 Å². The fourth-order valence-electron chi connectivity index (χ4n) is 1.94. The highest BCUT2D eigenvalue weighted by atomic mass is 35.5. The van der Waals surface area contributed by atoms with Gasteiger partial charge in [-0.3, -0.25) is 14.9 Å². The Kier molecular flexibility index (Phi) is 6.51. The van der Waals surface area contributed by atoms with Crippen molar-refractivity contribution in [3.63, 3.8) is 0 Å². The number of benzene rings is 2. The van der Waals surface area contributed by atoms with Crippen LogP contribution in [0.15, 0.2) is 42.5 Å². The molecule has 0 aliphatic heterocycles. The van der Waals surface area contributed by atoms with Crippen molar-refractivity contribution in [2.75, 3.05) is 18.5 Å². The Morgan fingerprint density at radius 3 is 2.62 bits per heavy atom. The number of non-ortho nitro benzene ring substituents is 1. The van der Waals surface area contributed by atoms with E-state index in [-0.39, 0.29) is 23.0 Å². The maximum absolute atomic E-state index is 11.8. The third-order valence-electron chi connectivity index (χ3n) is 3.15. The highest BCUT2D eigenvalue weighted by Gasteiger charge is 2.13. The third-order valence-corrected chi connectivity index (χ3v) is 3.46. The van der Waals surface area contributed by atoms with Gasteiger partial charge in [0.15, 0.2) is 13.2 Å². The quantitative estimate of drug-likeness (QED) is 0.450. The molecule has 0 heterocycles. The summed E-state index contributed by atoms with van der Waals surface area (Å²) in [6.45, 7) is 1.01. The summed E-state index contributed by atoms with van der Waals surface area (Å²) in [4.78, 5) is 33.4. The van der Waals surface area contributed by atoms with Crippen molar-refractivity contribution < 1.29 is 24.0 Å². The summed E-state index contributed by atoms with van der Waals surface area (Å²) in [5, 5.41) is 13.0. The first-order valence-corrected chi connectivity index (χ1v) is 7.82. The number of ether oxygens (including phenoxy) is 2. The van der Waals surface area contributed by atoms with E-state index in [0.717, 1.165) is 11.6 Å². The molecule has 0 bridgehead atoms. The van der Waals surface area contributed by atoms with Crippen LogP contribution >= 0.6 is 11.6 Å². The first-order chi connectivity index (χ1) is 12.3. The minimum Gasteiger partial charge on any atom is -0.482 e. The van der Waals surface area contributed by atoms with E-state index in [4.69, 9.17) is 21.1 Å². The Labute approximate surface area is 153 Å². The van der Waals surface area contributed by atoms with Gasteiger partial charge in [-0.2, -0.15) is 0 Å². The Bertz CT molecular complexity index is 840. The predicted octanol–water partition coefficient (Wildman–Crippen LogP) is 3.12. The van der Waals surface area contributed by atoms with Crippen molar-refractivity contribution >= 4 is 34.9 Å². The Morgan fingerprint density at radius 2 is 1.96 bits per heavy atom. The van der Waals surface area contributed by atoms with Crippen molar-refractivity contribution in [1.82, 2.24) is 0 Å². The van der Waals surface area contributed by atoms with Gasteiger partial charge in [-0.25, -0.2) is 4.79 Å². The second-order valence-corrected chi connectivity index (χ2v) is 5.64. The van der Waals surface area contributed by atoms with Gasteiger partial charge in [-0.15, -0.1) is 0 Å². The summed E-state index contributed by atoms with van der Waals surface area (Å²) in [6.07, 6.45) is 0. The fourth-order valence-corrected chi connectivity index (χ4v) is 2.16. The van der Waals surface area contributed by atoms with Gasteiger partial charge in [0.2, 0.25) is 0 Å². The number of nitro benzene ring substituents is 1. The van der Waals surface area contributed by atoms with Crippen molar-refractivity contribution in [1.29, 1.82) is 0 Å². The van der Waals surface area contributed by atoms with Crippen LogP contribution in [0.5, 0.6) is 5.75 Å². The molecule has 0 unspecified atom stereocenters. The minimum atomic E-state index is -0.712. The first kappa shape index (κ1) is 19.2. The van der Waals surface area contributed by atoms with Crippen molar-refractivity contribution in [2.24, 2.45) is 0 Å². The second kappa shape index (κ2) is 8.82. The SMILES string of the molecule is Cc1cccc(OCC(=O)OCC(=O)Nc2ccc([N+](=O)[O-])cc2Cl)c1. The van der Waals surface area contributed by atoms with E-state index in [1.165, 1.54) is 12.1 Å². The summed E-state index contributed by atoms with van der Waals surface area (Å²) in [6, 6.07) is 10.7. The molecule has 2 aromatic carbocycles. The average molecular weight is 379 g/mol. The molecule has 0 saturated heterocycles. The number of hydrogen-bond donors (Lipinski definition) is 1. The molecule has 0 aliphatic carbocycles. The molecule has 2 aromatic rings. The molecule has 0 aromatic heterocycles. The Hall–Kier alpha value is -3.13. The molecule has 0 radical (unpaired) electrons. The van der Waals surface area contributed by atoms with Crippen molar-refractivity contribution in [3.05, 3.63) is 63.2 Å². The van der Waals surface area contributed by atoms with Crippen LogP contribution in [0.3, 0.4) is 0 Å². The van der Waals surface area contributed by atoms with Gasteiger partial charge < -0.3 is 14.8 Å². The van der Waals surface area contributed by atoms with Crippen LogP contribution in [-0.2, 0) is 14.3 Å². The van der Waals surface area contributed by atoms with Gasteiger partial charge >= 0.3 is 5.97 Å². The normalized spacial score (nSPS) is 10.1. The maximum atomic E-state index is 11.8. The minimum absolute atomic E-state index is 0.00153. The van der Waals surface area contributed by atoms with Gasteiger partial charge in [-0.1, -0.05) is 23.7 Å². The molecule has 0 spiro atoms. The zero-order valence-electron chi connectivity index (χ0n) is 13.7. The van der Waals surface area contributed by atoms with Crippen molar-refractivity contribution in [2.45, 2.75) is 6.92 Å². The lowest BCUT2D eigenvalue weighted by Crippen LogP contribution is -2.23. The number of nitro groups is 1. The summed E-state index contributed by atoms with van der Waals surface area (Å²) in [5.74, 6) is -0.829. The molecule has 0 saturated carbocycles. The van der Waals surface area contributed by atoms with Crippen LogP contribution in [0, 0.1) is 17.0 Å². The van der Waals surface area contributed by atoms with E-state index < -0.39 is 23.4 Å². The highest BCUT2D eigenvalue weighted by molar-refractivity contribution is 6.34. The lowest BCUT2D eigenvalue weighted by atomic mass is 10.2. The third kappa shape index (κ3) is 5.75. The molecule has 0 fully saturated rings. The van der Waals surface area contributed by atoms with E-state index in [9.17, 15) is 19.7 Å². The number of carbonyl (C=O) groups excluding carboxylic acids is 2. The molecule has 1 N–H and O–H groups in total. The Balaban J connectivity index is 1.79. The first-order valence-electron chi connectivity index (χ1n) is 7.44. The number of hydrogen-bond acceptors (Lipinski definition) is 6.